The Kier molecular flexibility index (Phi) is 3.12. The molecule has 94 valence electrons. The molecule has 0 atom stereocenters. The van der Waals surface area contributed by atoms with Crippen molar-refractivity contribution in [3.63, 3.8) is 0 Å². The molecule has 0 radical (unpaired) electrons. The van der Waals surface area contributed by atoms with Crippen molar-refractivity contribution in [1.82, 2.24) is 9.97 Å². The highest BCUT2D eigenvalue weighted by atomic mass is 32.1. The van der Waals surface area contributed by atoms with E-state index in [1.54, 1.807) is 35.9 Å². The lowest BCUT2D eigenvalue weighted by Crippen LogP contribution is -1.91. The highest BCUT2D eigenvalue weighted by Gasteiger charge is 2.03. The van der Waals surface area contributed by atoms with E-state index in [9.17, 15) is 0 Å². The van der Waals surface area contributed by atoms with Crippen LogP contribution < -0.4 is 10.5 Å². The van der Waals surface area contributed by atoms with Crippen LogP contribution in [0.1, 0.15) is 0 Å². The second kappa shape index (κ2) is 5.07. The molecule has 0 aliphatic carbocycles. The highest BCUT2D eigenvalue weighted by Crippen LogP contribution is 2.27. The molecule has 3 rings (SSSR count). The summed E-state index contributed by atoms with van der Waals surface area (Å²) in [5.41, 5.74) is 6.43. The van der Waals surface area contributed by atoms with Gasteiger partial charge in [-0.3, -0.25) is 4.98 Å². The maximum atomic E-state index is 5.72. The highest BCUT2D eigenvalue weighted by molar-refractivity contribution is 7.13. The van der Waals surface area contributed by atoms with Crippen LogP contribution in [0.4, 0.5) is 5.82 Å². The quantitative estimate of drug-likeness (QED) is 0.789. The van der Waals surface area contributed by atoms with Gasteiger partial charge in [0.15, 0.2) is 0 Å². The van der Waals surface area contributed by atoms with Crippen LogP contribution in [0, 0.1) is 0 Å². The Bertz CT molecular complexity index is 665. The largest absolute Gasteiger partial charge is 0.456 e. The van der Waals surface area contributed by atoms with Gasteiger partial charge in [-0.2, -0.15) is 0 Å². The van der Waals surface area contributed by atoms with Crippen molar-refractivity contribution in [2.45, 2.75) is 0 Å². The van der Waals surface area contributed by atoms with Gasteiger partial charge in [-0.15, -0.1) is 11.3 Å². The summed E-state index contributed by atoms with van der Waals surface area (Å²) >= 11 is 1.65. The smallest absolute Gasteiger partial charge is 0.145 e. The molecular formula is C14H11N3OS. The Labute approximate surface area is 114 Å². The molecule has 0 amide bonds. The molecule has 0 spiro atoms. The van der Waals surface area contributed by atoms with E-state index in [1.807, 2.05) is 29.6 Å². The molecule has 0 saturated heterocycles. The number of ether oxygens (including phenoxy) is 1. The first kappa shape index (κ1) is 11.7. The van der Waals surface area contributed by atoms with Crippen molar-refractivity contribution in [2.24, 2.45) is 0 Å². The van der Waals surface area contributed by atoms with E-state index in [1.165, 1.54) is 0 Å². The van der Waals surface area contributed by atoms with E-state index < -0.39 is 0 Å². The van der Waals surface area contributed by atoms with Gasteiger partial charge in [-0.25, -0.2) is 4.98 Å². The maximum absolute atomic E-state index is 5.72. The van der Waals surface area contributed by atoms with E-state index in [0.717, 1.165) is 16.3 Å². The third kappa shape index (κ3) is 2.71. The molecule has 0 aromatic carbocycles. The van der Waals surface area contributed by atoms with E-state index in [-0.39, 0.29) is 0 Å². The lowest BCUT2D eigenvalue weighted by molar-refractivity contribution is 0.480. The molecule has 0 aliphatic rings. The molecule has 3 aromatic heterocycles. The predicted molar refractivity (Wildman–Crippen MR) is 76.3 cm³/mol. The van der Waals surface area contributed by atoms with Crippen LogP contribution in [0.5, 0.6) is 11.5 Å². The maximum Gasteiger partial charge on any atom is 0.145 e. The molecule has 2 N–H and O–H groups in total. The van der Waals surface area contributed by atoms with Gasteiger partial charge >= 0.3 is 0 Å². The van der Waals surface area contributed by atoms with Crippen LogP contribution in [0.15, 0.2) is 54.2 Å². The predicted octanol–water partition coefficient (Wildman–Crippen LogP) is 3.58. The first-order valence-corrected chi connectivity index (χ1v) is 6.58. The molecule has 0 saturated carbocycles. The first-order chi connectivity index (χ1) is 9.31. The number of nitrogens with two attached hydrogens (primary N) is 1. The Balaban J connectivity index is 1.85. The fraction of sp³-hybridized carbons (Fsp3) is 0. The molecule has 0 fully saturated rings. The minimum Gasteiger partial charge on any atom is -0.456 e. The fourth-order valence-electron chi connectivity index (χ4n) is 1.62. The van der Waals surface area contributed by atoms with Crippen LogP contribution in [-0.4, -0.2) is 9.97 Å². The molecular weight excluding hydrogens is 258 g/mol. The molecule has 0 bridgehead atoms. The molecule has 0 unspecified atom stereocenters. The standard InChI is InChI=1S/C14H11N3OS/c15-14-4-3-11(9-17-14)18-10-5-6-16-12(8-10)13-2-1-7-19-13/h1-9H,(H2,15,17). The normalized spacial score (nSPS) is 10.3. The number of aromatic nitrogens is 2. The van der Waals surface area contributed by atoms with Crippen LogP contribution in [-0.2, 0) is 0 Å². The Morgan fingerprint density at radius 1 is 1.05 bits per heavy atom. The molecule has 19 heavy (non-hydrogen) atoms. The number of hydrogen-bond acceptors (Lipinski definition) is 5. The average Bonchev–Trinajstić information content (AvgIpc) is 2.96. The van der Waals surface area contributed by atoms with Crippen molar-refractivity contribution in [3.05, 3.63) is 54.2 Å². The van der Waals surface area contributed by atoms with Crippen LogP contribution in [0.25, 0.3) is 10.6 Å². The van der Waals surface area contributed by atoms with Crippen molar-refractivity contribution in [1.29, 1.82) is 0 Å². The summed E-state index contributed by atoms with van der Waals surface area (Å²) in [4.78, 5) is 9.43. The summed E-state index contributed by atoms with van der Waals surface area (Å²) in [6, 6.07) is 11.2. The Hall–Kier alpha value is -2.40. The van der Waals surface area contributed by atoms with E-state index in [4.69, 9.17) is 10.5 Å². The summed E-state index contributed by atoms with van der Waals surface area (Å²) in [6.07, 6.45) is 3.33. The fourth-order valence-corrected chi connectivity index (χ4v) is 2.32. The van der Waals surface area contributed by atoms with E-state index in [0.29, 0.717) is 11.6 Å². The van der Waals surface area contributed by atoms with Crippen molar-refractivity contribution in [2.75, 3.05) is 5.73 Å². The second-order valence-electron chi connectivity index (χ2n) is 3.87. The van der Waals surface area contributed by atoms with E-state index in [2.05, 4.69) is 9.97 Å². The zero-order valence-corrected chi connectivity index (χ0v) is 10.8. The van der Waals surface area contributed by atoms with Gasteiger partial charge in [0.25, 0.3) is 0 Å². The summed E-state index contributed by atoms with van der Waals surface area (Å²) < 4.78 is 5.72. The number of anilines is 1. The number of hydrogen-bond donors (Lipinski definition) is 1. The number of nitrogen functional groups attached to an aromatic ring is 1. The summed E-state index contributed by atoms with van der Waals surface area (Å²) in [7, 11) is 0. The Morgan fingerprint density at radius 3 is 2.74 bits per heavy atom. The third-order valence-corrected chi connectivity index (χ3v) is 3.39. The van der Waals surface area contributed by atoms with Crippen molar-refractivity contribution >= 4 is 17.2 Å². The summed E-state index contributed by atoms with van der Waals surface area (Å²) in [5.74, 6) is 1.85. The molecule has 3 aromatic rings. The monoisotopic (exact) mass is 269 g/mol. The molecule has 4 nitrogen and oxygen atoms in total. The van der Waals surface area contributed by atoms with Gasteiger partial charge in [0.05, 0.1) is 16.8 Å². The topological polar surface area (TPSA) is 61.0 Å². The second-order valence-corrected chi connectivity index (χ2v) is 4.82. The average molecular weight is 269 g/mol. The van der Waals surface area contributed by atoms with Gasteiger partial charge in [0.2, 0.25) is 0 Å². The Morgan fingerprint density at radius 2 is 2.00 bits per heavy atom. The number of pyridine rings is 2. The van der Waals surface area contributed by atoms with Crippen LogP contribution >= 0.6 is 11.3 Å². The summed E-state index contributed by atoms with van der Waals surface area (Å²) in [5, 5.41) is 2.02. The van der Waals surface area contributed by atoms with Gasteiger partial charge in [0.1, 0.15) is 17.3 Å². The lowest BCUT2D eigenvalue weighted by Gasteiger charge is -2.06. The minimum absolute atomic E-state index is 0.473. The van der Waals surface area contributed by atoms with Crippen molar-refractivity contribution < 1.29 is 4.74 Å². The van der Waals surface area contributed by atoms with Crippen LogP contribution in [0.2, 0.25) is 0 Å². The SMILES string of the molecule is Nc1ccc(Oc2ccnc(-c3cccs3)c2)cn1. The lowest BCUT2D eigenvalue weighted by atomic mass is 10.3. The molecule has 3 heterocycles. The number of nitrogens with zero attached hydrogens (tertiary/aromatic N) is 2. The minimum atomic E-state index is 0.473. The third-order valence-electron chi connectivity index (χ3n) is 2.50. The van der Waals surface area contributed by atoms with Crippen molar-refractivity contribution in [3.8, 4) is 22.1 Å². The zero-order chi connectivity index (χ0) is 13.1. The first-order valence-electron chi connectivity index (χ1n) is 5.70. The molecule has 0 aliphatic heterocycles. The van der Waals surface area contributed by atoms with Gasteiger partial charge in [-0.1, -0.05) is 6.07 Å². The summed E-state index contributed by atoms with van der Waals surface area (Å²) in [6.45, 7) is 0. The van der Waals surface area contributed by atoms with Gasteiger partial charge in [-0.05, 0) is 29.6 Å². The van der Waals surface area contributed by atoms with Crippen LogP contribution in [0.3, 0.4) is 0 Å². The van der Waals surface area contributed by atoms with Gasteiger partial charge in [0, 0.05) is 12.3 Å². The molecule has 5 heteroatoms. The zero-order valence-electron chi connectivity index (χ0n) is 9.98. The van der Waals surface area contributed by atoms with Gasteiger partial charge < -0.3 is 10.5 Å². The van der Waals surface area contributed by atoms with E-state index >= 15 is 0 Å². The number of thiophene rings is 1. The number of rotatable bonds is 3.